The number of hydrogen-bond acceptors (Lipinski definition) is 5. The molecule has 3 rings (SSSR count). The number of benzene rings is 2. The number of ether oxygens (including phenoxy) is 1. The van der Waals surface area contributed by atoms with Crippen LogP contribution >= 0.6 is 0 Å². The first-order valence-electron chi connectivity index (χ1n) is 7.94. The maximum atomic E-state index is 12.8. The first kappa shape index (κ1) is 16.7. The lowest BCUT2D eigenvalue weighted by atomic mass is 9.97. The summed E-state index contributed by atoms with van der Waals surface area (Å²) in [6.07, 6.45) is 2.16. The van der Waals surface area contributed by atoms with E-state index in [1.54, 1.807) is 31.3 Å². The number of anilines is 1. The molecule has 6 nitrogen and oxygen atoms in total. The minimum Gasteiger partial charge on any atom is -0.492 e. The molecule has 6 heteroatoms. The van der Waals surface area contributed by atoms with Gasteiger partial charge in [0.05, 0.1) is 17.1 Å². The van der Waals surface area contributed by atoms with Gasteiger partial charge >= 0.3 is 0 Å². The highest BCUT2D eigenvalue weighted by Gasteiger charge is 2.22. The molecule has 0 unspecified atom stereocenters. The summed E-state index contributed by atoms with van der Waals surface area (Å²) in [6, 6.07) is 10.4. The number of nitrogens with zero attached hydrogens (tertiary/aromatic N) is 1. The largest absolute Gasteiger partial charge is 0.492 e. The standard InChI is InChI=1S/C19H18N2O4/c1-12-3-6-18-15(9-12)19(22)14(7-8-25-18)10-13-4-5-16(20-2)17(11-13)21(23)24/h3-6,9-11,20H,7-8H2,1-2H3/b14-10+. The number of carbonyl (C=O) groups is 1. The molecule has 128 valence electrons. The maximum Gasteiger partial charge on any atom is 0.292 e. The van der Waals surface area contributed by atoms with Crippen molar-refractivity contribution in [1.82, 2.24) is 0 Å². The van der Waals surface area contributed by atoms with E-state index in [9.17, 15) is 14.9 Å². The molecule has 1 N–H and O–H groups in total. The molecule has 1 heterocycles. The van der Waals surface area contributed by atoms with E-state index in [0.29, 0.717) is 41.2 Å². The van der Waals surface area contributed by atoms with Crippen LogP contribution in [0.2, 0.25) is 0 Å². The van der Waals surface area contributed by atoms with Crippen molar-refractivity contribution in [2.75, 3.05) is 19.0 Å². The molecule has 2 aromatic rings. The van der Waals surface area contributed by atoms with E-state index < -0.39 is 4.92 Å². The van der Waals surface area contributed by atoms with E-state index in [4.69, 9.17) is 4.74 Å². The van der Waals surface area contributed by atoms with Crippen LogP contribution in [0.5, 0.6) is 5.75 Å². The summed E-state index contributed by atoms with van der Waals surface area (Å²) < 4.78 is 5.66. The lowest BCUT2D eigenvalue weighted by Crippen LogP contribution is -2.03. The Morgan fingerprint density at radius 3 is 2.76 bits per heavy atom. The van der Waals surface area contributed by atoms with Crippen molar-refractivity contribution in [1.29, 1.82) is 0 Å². The Morgan fingerprint density at radius 1 is 1.24 bits per heavy atom. The molecule has 0 amide bonds. The second-order valence-corrected chi connectivity index (χ2v) is 5.88. The minimum absolute atomic E-state index is 0.0228. The van der Waals surface area contributed by atoms with Crippen molar-refractivity contribution in [3.8, 4) is 5.75 Å². The molecular formula is C19H18N2O4. The van der Waals surface area contributed by atoms with Crippen molar-refractivity contribution >= 4 is 23.2 Å². The Hall–Kier alpha value is -3.15. The van der Waals surface area contributed by atoms with Crippen molar-refractivity contribution in [2.45, 2.75) is 13.3 Å². The van der Waals surface area contributed by atoms with E-state index in [0.717, 1.165) is 5.56 Å². The fourth-order valence-corrected chi connectivity index (χ4v) is 2.84. The van der Waals surface area contributed by atoms with Gasteiger partial charge in [-0.1, -0.05) is 17.7 Å². The lowest BCUT2D eigenvalue weighted by molar-refractivity contribution is -0.383. The Morgan fingerprint density at radius 2 is 2.04 bits per heavy atom. The average molecular weight is 338 g/mol. The third-order valence-electron chi connectivity index (χ3n) is 4.13. The Labute approximate surface area is 145 Å². The van der Waals surface area contributed by atoms with Gasteiger partial charge in [-0.15, -0.1) is 0 Å². The van der Waals surface area contributed by atoms with E-state index >= 15 is 0 Å². The SMILES string of the molecule is CNc1ccc(/C=C2\CCOc3ccc(C)cc3C2=O)cc1[N+](=O)[O-]. The molecule has 0 aliphatic carbocycles. The Bertz CT molecular complexity index is 887. The van der Waals surface area contributed by atoms with Crippen molar-refractivity contribution < 1.29 is 14.5 Å². The number of fused-ring (bicyclic) bond motifs is 1. The van der Waals surface area contributed by atoms with E-state index in [-0.39, 0.29) is 11.5 Å². The van der Waals surface area contributed by atoms with Gasteiger partial charge in [0.15, 0.2) is 5.78 Å². The van der Waals surface area contributed by atoms with Crippen LogP contribution in [-0.2, 0) is 0 Å². The molecule has 0 spiro atoms. The quantitative estimate of drug-likeness (QED) is 0.520. The van der Waals surface area contributed by atoms with Gasteiger partial charge in [0.25, 0.3) is 5.69 Å². The number of rotatable bonds is 3. The van der Waals surface area contributed by atoms with E-state index in [2.05, 4.69) is 5.32 Å². The molecule has 0 radical (unpaired) electrons. The van der Waals surface area contributed by atoms with Gasteiger partial charge in [0.2, 0.25) is 0 Å². The third kappa shape index (κ3) is 3.38. The summed E-state index contributed by atoms with van der Waals surface area (Å²) in [6.45, 7) is 2.31. The Balaban J connectivity index is 2.02. The summed E-state index contributed by atoms with van der Waals surface area (Å²) in [7, 11) is 1.63. The summed E-state index contributed by atoms with van der Waals surface area (Å²) in [5.41, 5.74) is 3.12. The molecule has 1 aliphatic heterocycles. The fraction of sp³-hybridized carbons (Fsp3) is 0.211. The molecule has 0 saturated heterocycles. The van der Waals surface area contributed by atoms with Gasteiger partial charge in [-0.2, -0.15) is 0 Å². The minimum atomic E-state index is -0.440. The first-order chi connectivity index (χ1) is 12.0. The zero-order chi connectivity index (χ0) is 18.0. The number of nitro benzene ring substituents is 1. The van der Waals surface area contributed by atoms with Gasteiger partial charge in [-0.05, 0) is 36.8 Å². The van der Waals surface area contributed by atoms with Crippen LogP contribution in [0.15, 0.2) is 42.0 Å². The second-order valence-electron chi connectivity index (χ2n) is 5.88. The highest BCUT2D eigenvalue weighted by Crippen LogP contribution is 2.30. The van der Waals surface area contributed by atoms with Gasteiger partial charge in [-0.3, -0.25) is 14.9 Å². The molecule has 0 fully saturated rings. The summed E-state index contributed by atoms with van der Waals surface area (Å²) in [4.78, 5) is 23.6. The van der Waals surface area contributed by atoms with Gasteiger partial charge < -0.3 is 10.1 Å². The zero-order valence-corrected chi connectivity index (χ0v) is 14.0. The number of hydrogen-bond donors (Lipinski definition) is 1. The normalized spacial score (nSPS) is 15.3. The predicted octanol–water partition coefficient (Wildman–Crippen LogP) is 3.99. The van der Waals surface area contributed by atoms with Crippen LogP contribution in [0.3, 0.4) is 0 Å². The lowest BCUT2D eigenvalue weighted by Gasteiger charge is -2.06. The molecule has 2 aromatic carbocycles. The number of nitro groups is 1. The van der Waals surface area contributed by atoms with Crippen molar-refractivity contribution in [2.24, 2.45) is 0 Å². The van der Waals surface area contributed by atoms with E-state index in [1.807, 2.05) is 19.1 Å². The summed E-state index contributed by atoms with van der Waals surface area (Å²) >= 11 is 0. The van der Waals surface area contributed by atoms with Crippen LogP contribution in [0, 0.1) is 17.0 Å². The Kier molecular flexibility index (Phi) is 4.52. The van der Waals surface area contributed by atoms with Crippen molar-refractivity contribution in [3.63, 3.8) is 0 Å². The molecule has 0 atom stereocenters. The summed E-state index contributed by atoms with van der Waals surface area (Å²) in [5, 5.41) is 14.0. The monoisotopic (exact) mass is 338 g/mol. The number of ketones is 1. The van der Waals surface area contributed by atoms with Crippen molar-refractivity contribution in [3.05, 3.63) is 68.8 Å². The molecule has 25 heavy (non-hydrogen) atoms. The third-order valence-corrected chi connectivity index (χ3v) is 4.13. The first-order valence-corrected chi connectivity index (χ1v) is 7.94. The number of nitrogens with one attached hydrogen (secondary N) is 1. The van der Waals surface area contributed by atoms with Gasteiger partial charge in [0, 0.05) is 25.1 Å². The van der Waals surface area contributed by atoms with Crippen LogP contribution in [0.4, 0.5) is 11.4 Å². The highest BCUT2D eigenvalue weighted by atomic mass is 16.6. The molecule has 0 aromatic heterocycles. The topological polar surface area (TPSA) is 81.5 Å². The predicted molar refractivity (Wildman–Crippen MR) is 96.2 cm³/mol. The molecule has 0 bridgehead atoms. The molecule has 1 aliphatic rings. The maximum absolute atomic E-state index is 12.8. The van der Waals surface area contributed by atoms with E-state index in [1.165, 1.54) is 6.07 Å². The summed E-state index contributed by atoms with van der Waals surface area (Å²) in [5.74, 6) is 0.479. The molecule has 0 saturated carbocycles. The number of carbonyl (C=O) groups excluding carboxylic acids is 1. The van der Waals surface area contributed by atoms with Crippen LogP contribution in [-0.4, -0.2) is 24.4 Å². The number of Topliss-reactive ketones (excluding diaryl/α,β-unsaturated/α-hetero) is 1. The fourth-order valence-electron chi connectivity index (χ4n) is 2.84. The average Bonchev–Trinajstić information content (AvgIpc) is 2.74. The van der Waals surface area contributed by atoms with Crippen LogP contribution < -0.4 is 10.1 Å². The van der Waals surface area contributed by atoms with Gasteiger partial charge in [-0.25, -0.2) is 0 Å². The second kappa shape index (κ2) is 6.76. The number of aryl methyl sites for hydroxylation is 1. The zero-order valence-electron chi connectivity index (χ0n) is 14.0. The molecular weight excluding hydrogens is 320 g/mol. The smallest absolute Gasteiger partial charge is 0.292 e. The van der Waals surface area contributed by atoms with Gasteiger partial charge in [0.1, 0.15) is 11.4 Å². The van der Waals surface area contributed by atoms with Crippen LogP contribution in [0.1, 0.15) is 27.9 Å². The van der Waals surface area contributed by atoms with Crippen LogP contribution in [0.25, 0.3) is 6.08 Å². The highest BCUT2D eigenvalue weighted by molar-refractivity contribution is 6.13.